The Morgan fingerprint density at radius 3 is 1.19 bits per heavy atom. The number of hydrogen-bond acceptors (Lipinski definition) is 10. The molecule has 0 aromatic carbocycles. The smallest absolute Gasteiger partial charge is 0.462 e. The summed E-state index contributed by atoms with van der Waals surface area (Å²) in [5.74, 6) is -1.48. The maximum absolute atomic E-state index is 12.9. The Kier molecular flexibility index (Phi) is 48.9. The van der Waals surface area contributed by atoms with E-state index in [-0.39, 0.29) is 25.9 Å². The van der Waals surface area contributed by atoms with Crippen LogP contribution in [0.25, 0.3) is 0 Å². The van der Waals surface area contributed by atoms with E-state index in [2.05, 4.69) is 69.4 Å². The van der Waals surface area contributed by atoms with Crippen molar-refractivity contribution in [1.82, 2.24) is 0 Å². The van der Waals surface area contributed by atoms with Crippen LogP contribution >= 0.6 is 7.82 Å². The topological polar surface area (TPSA) is 155 Å². The van der Waals surface area contributed by atoms with E-state index in [1.807, 2.05) is 0 Å². The third-order valence-electron chi connectivity index (χ3n) is 11.7. The van der Waals surface area contributed by atoms with Crippen LogP contribution in [0.1, 0.15) is 252 Å². The summed E-state index contributed by atoms with van der Waals surface area (Å²) < 4.78 is 39.4. The van der Waals surface area contributed by atoms with Gasteiger partial charge in [-0.05, 0) is 77.0 Å². The number of hydrogen-bond donors (Lipinski definition) is 2. The average molecular weight is 981 g/mol. The minimum Gasteiger partial charge on any atom is -0.462 e. The first kappa shape index (κ1) is 65.4. The van der Waals surface area contributed by atoms with Crippen LogP contribution in [0.4, 0.5) is 0 Å². The van der Waals surface area contributed by atoms with Gasteiger partial charge in [-0.25, -0.2) is 4.57 Å². The van der Waals surface area contributed by atoms with Crippen LogP contribution < -0.4 is 0 Å². The Morgan fingerprint density at radius 2 is 0.765 bits per heavy atom. The average Bonchev–Trinajstić information content (AvgIpc) is 3.32. The first-order valence-electron chi connectivity index (χ1n) is 27.5. The zero-order valence-electron chi connectivity index (χ0n) is 43.6. The van der Waals surface area contributed by atoms with E-state index in [0.29, 0.717) is 19.3 Å². The Bertz CT molecular complexity index is 1330. The largest absolute Gasteiger partial charge is 0.472 e. The van der Waals surface area contributed by atoms with Crippen molar-refractivity contribution < 1.29 is 52.2 Å². The maximum Gasteiger partial charge on any atom is 0.472 e. The molecule has 12 heteroatoms. The van der Waals surface area contributed by atoms with Crippen molar-refractivity contribution in [2.75, 3.05) is 26.4 Å². The Hall–Kier alpha value is -2.56. The second-order valence-electron chi connectivity index (χ2n) is 18.4. The number of esters is 3. The van der Waals surface area contributed by atoms with Crippen molar-refractivity contribution in [3.05, 3.63) is 48.6 Å². The summed E-state index contributed by atoms with van der Waals surface area (Å²) in [5, 5.41) is 9.78. The third kappa shape index (κ3) is 48.5. The highest BCUT2D eigenvalue weighted by atomic mass is 31.2. The van der Waals surface area contributed by atoms with Gasteiger partial charge in [0.2, 0.25) is 0 Å². The van der Waals surface area contributed by atoms with Crippen LogP contribution in [0.5, 0.6) is 0 Å². The molecule has 68 heavy (non-hydrogen) atoms. The monoisotopic (exact) mass is 981 g/mol. The van der Waals surface area contributed by atoms with Crippen molar-refractivity contribution in [1.29, 1.82) is 0 Å². The number of carbonyl (C=O) groups excluding carboxylic acids is 3. The van der Waals surface area contributed by atoms with Gasteiger partial charge in [0, 0.05) is 19.3 Å². The zero-order chi connectivity index (χ0) is 49.9. The Balaban J connectivity index is 4.66. The first-order valence-corrected chi connectivity index (χ1v) is 29.0. The van der Waals surface area contributed by atoms with Crippen LogP contribution in [0.15, 0.2) is 48.6 Å². The molecule has 0 radical (unpaired) electrons. The number of phosphoric ester groups is 1. The lowest BCUT2D eigenvalue weighted by molar-refractivity contribution is -0.161. The fourth-order valence-corrected chi connectivity index (χ4v) is 8.33. The van der Waals surface area contributed by atoms with Crippen LogP contribution in [0, 0.1) is 0 Å². The molecule has 0 aliphatic heterocycles. The molecule has 0 spiro atoms. The van der Waals surface area contributed by atoms with E-state index >= 15 is 0 Å². The number of allylic oxidation sites excluding steroid dienone is 8. The van der Waals surface area contributed by atoms with Crippen LogP contribution in [-0.4, -0.2) is 66.5 Å². The number of ether oxygens (including phenoxy) is 3. The van der Waals surface area contributed by atoms with E-state index in [0.717, 1.165) is 96.3 Å². The number of aliphatic hydroxyl groups excluding tert-OH is 1. The lowest BCUT2D eigenvalue weighted by Gasteiger charge is -2.21. The van der Waals surface area contributed by atoms with Gasteiger partial charge in [0.15, 0.2) is 6.10 Å². The number of carbonyl (C=O) groups is 3. The van der Waals surface area contributed by atoms with E-state index < -0.39 is 57.8 Å². The van der Waals surface area contributed by atoms with Crippen molar-refractivity contribution in [3.8, 4) is 0 Å². The van der Waals surface area contributed by atoms with Gasteiger partial charge in [-0.15, -0.1) is 0 Å². The lowest BCUT2D eigenvalue weighted by atomic mass is 10.1. The van der Waals surface area contributed by atoms with E-state index in [1.165, 1.54) is 96.3 Å². The molecular formula is C56H101O11P. The van der Waals surface area contributed by atoms with E-state index in [9.17, 15) is 28.9 Å². The molecule has 3 atom stereocenters. The molecule has 0 aromatic rings. The highest BCUT2D eigenvalue weighted by Crippen LogP contribution is 2.43. The number of aliphatic hydroxyl groups is 1. The van der Waals surface area contributed by atoms with E-state index in [1.54, 1.807) is 0 Å². The second kappa shape index (κ2) is 50.8. The van der Waals surface area contributed by atoms with Crippen molar-refractivity contribution in [3.63, 3.8) is 0 Å². The summed E-state index contributed by atoms with van der Waals surface area (Å²) in [4.78, 5) is 48.3. The van der Waals surface area contributed by atoms with Gasteiger partial charge in [0.25, 0.3) is 0 Å². The molecule has 0 saturated carbocycles. The van der Waals surface area contributed by atoms with E-state index in [4.69, 9.17) is 23.3 Å². The minimum atomic E-state index is -4.74. The summed E-state index contributed by atoms with van der Waals surface area (Å²) in [6, 6.07) is 0. The predicted octanol–water partition coefficient (Wildman–Crippen LogP) is 15.8. The van der Waals surface area contributed by atoms with Crippen molar-refractivity contribution >= 4 is 25.7 Å². The molecule has 0 aliphatic rings. The number of rotatable bonds is 51. The quantitative estimate of drug-likeness (QED) is 0.0197. The molecule has 0 bridgehead atoms. The summed E-state index contributed by atoms with van der Waals surface area (Å²) in [6.07, 6.45) is 52.2. The SMILES string of the molecule is CC/C=C\C/C=C\C/C=C\CCCCCCCC(=O)OC(CO)COP(=O)(O)OCC(COC(=O)CCCCCCCCCCC)OC(=O)CCCCCCCCC/C=C\CCCCCCCC. The first-order chi connectivity index (χ1) is 33.2. The zero-order valence-corrected chi connectivity index (χ0v) is 44.5. The molecule has 3 unspecified atom stereocenters. The predicted molar refractivity (Wildman–Crippen MR) is 279 cm³/mol. The second-order valence-corrected chi connectivity index (χ2v) is 19.8. The molecule has 0 aliphatic carbocycles. The normalized spacial score (nSPS) is 13.8. The van der Waals surface area contributed by atoms with Gasteiger partial charge in [0.1, 0.15) is 12.7 Å². The molecule has 0 fully saturated rings. The molecule has 0 heterocycles. The fraction of sp³-hybridized carbons (Fsp3) is 0.804. The van der Waals surface area contributed by atoms with Crippen LogP contribution in [-0.2, 0) is 42.2 Å². The van der Waals surface area contributed by atoms with Gasteiger partial charge in [0.05, 0.1) is 19.8 Å². The van der Waals surface area contributed by atoms with Crippen molar-refractivity contribution in [2.45, 2.75) is 264 Å². The highest BCUT2D eigenvalue weighted by molar-refractivity contribution is 7.47. The molecule has 0 saturated heterocycles. The highest BCUT2D eigenvalue weighted by Gasteiger charge is 2.28. The Morgan fingerprint density at radius 1 is 0.426 bits per heavy atom. The van der Waals surface area contributed by atoms with Crippen molar-refractivity contribution in [2.24, 2.45) is 0 Å². The standard InChI is InChI=1S/C56H101O11P/c1-4-7-10-13-16-19-21-23-25-26-28-30-32-35-38-41-44-47-56(60)67-53(49-63-54(58)45-42-39-36-33-18-15-12-9-6-3)51-65-68(61,62)64-50-52(48-57)66-55(59)46-43-40-37-34-31-29-27-24-22-20-17-14-11-8-5-2/h8,11,17,20,23-25,27,52-53,57H,4-7,9-10,12-16,18-19,21-22,26,28-51H2,1-3H3,(H,61,62)/b11-8-,20-17-,25-23-,27-24-. The molecular weight excluding hydrogens is 880 g/mol. The fourth-order valence-electron chi connectivity index (χ4n) is 7.54. The lowest BCUT2D eigenvalue weighted by Crippen LogP contribution is -2.30. The molecule has 11 nitrogen and oxygen atoms in total. The summed E-state index contributed by atoms with van der Waals surface area (Å²) in [6.45, 7) is 4.49. The van der Waals surface area contributed by atoms with Gasteiger partial charge in [-0.2, -0.15) is 0 Å². The van der Waals surface area contributed by atoms with Gasteiger partial charge in [-0.3, -0.25) is 23.4 Å². The molecule has 0 amide bonds. The minimum absolute atomic E-state index is 0.159. The molecule has 2 N–H and O–H groups in total. The van der Waals surface area contributed by atoms with Gasteiger partial charge < -0.3 is 24.2 Å². The number of phosphoric acid groups is 1. The Labute approximate surface area is 415 Å². The van der Waals surface area contributed by atoms with Gasteiger partial charge in [-0.1, -0.05) is 204 Å². The molecule has 0 aromatic heterocycles. The summed E-state index contributed by atoms with van der Waals surface area (Å²) >= 11 is 0. The number of unbranched alkanes of at least 4 members (excludes halogenated alkanes) is 26. The third-order valence-corrected chi connectivity index (χ3v) is 12.7. The summed E-state index contributed by atoms with van der Waals surface area (Å²) in [5.41, 5.74) is 0. The van der Waals surface area contributed by atoms with Crippen LogP contribution in [0.3, 0.4) is 0 Å². The summed E-state index contributed by atoms with van der Waals surface area (Å²) in [7, 11) is -4.74. The molecule has 396 valence electrons. The maximum atomic E-state index is 12.9. The molecule has 0 rings (SSSR count). The van der Waals surface area contributed by atoms with Crippen LogP contribution in [0.2, 0.25) is 0 Å². The van der Waals surface area contributed by atoms with Gasteiger partial charge >= 0.3 is 25.7 Å².